The van der Waals surface area contributed by atoms with Gasteiger partial charge in [0.25, 0.3) is 5.91 Å². The largest absolute Gasteiger partial charge is 0.462 e. The van der Waals surface area contributed by atoms with Crippen LogP contribution in [0, 0.1) is 0 Å². The molecule has 0 bridgehead atoms. The van der Waals surface area contributed by atoms with Crippen LogP contribution in [0.4, 0.5) is 5.69 Å². The first-order valence-corrected chi connectivity index (χ1v) is 8.82. The van der Waals surface area contributed by atoms with E-state index in [1.807, 2.05) is 12.3 Å². The predicted molar refractivity (Wildman–Crippen MR) is 99.6 cm³/mol. The van der Waals surface area contributed by atoms with Gasteiger partial charge < -0.3 is 10.1 Å². The Morgan fingerprint density at radius 2 is 2.08 bits per heavy atom. The number of thiocarbonyl (C=S) groups is 1. The van der Waals surface area contributed by atoms with E-state index in [-0.39, 0.29) is 17.0 Å². The third-order valence-corrected chi connectivity index (χ3v) is 4.13. The van der Waals surface area contributed by atoms with Gasteiger partial charge in [0.1, 0.15) is 0 Å². The second-order valence-corrected chi connectivity index (χ2v) is 6.31. The standard InChI is InChI=1S/C17H18N2O3S2/c1-2-3-9-22-16(21)12-6-4-7-13(11-12)18-17(23)19-15(20)14-8-5-10-24-14/h4-8,10-11H,2-3,9H2,1H3,(H2,18,19,20,23). The van der Waals surface area contributed by atoms with Gasteiger partial charge in [0, 0.05) is 5.69 Å². The fourth-order valence-corrected chi connectivity index (χ4v) is 2.68. The number of esters is 1. The molecule has 0 aliphatic rings. The van der Waals surface area contributed by atoms with Gasteiger partial charge >= 0.3 is 5.97 Å². The summed E-state index contributed by atoms with van der Waals surface area (Å²) >= 11 is 6.46. The lowest BCUT2D eigenvalue weighted by Gasteiger charge is -2.10. The van der Waals surface area contributed by atoms with Gasteiger partial charge in [0.15, 0.2) is 5.11 Å². The van der Waals surface area contributed by atoms with E-state index < -0.39 is 0 Å². The molecule has 0 spiro atoms. The number of unbranched alkanes of at least 4 members (excludes halogenated alkanes) is 1. The number of hydrogen-bond acceptors (Lipinski definition) is 5. The molecule has 5 nitrogen and oxygen atoms in total. The predicted octanol–water partition coefficient (Wildman–Crippen LogP) is 3.83. The van der Waals surface area contributed by atoms with Gasteiger partial charge in [-0.2, -0.15) is 0 Å². The number of ether oxygens (including phenoxy) is 1. The summed E-state index contributed by atoms with van der Waals surface area (Å²) in [6.45, 7) is 2.44. The van der Waals surface area contributed by atoms with Gasteiger partial charge in [-0.25, -0.2) is 4.79 Å². The van der Waals surface area contributed by atoms with Gasteiger partial charge in [-0.3, -0.25) is 10.1 Å². The fourth-order valence-electron chi connectivity index (χ4n) is 1.85. The van der Waals surface area contributed by atoms with Crippen LogP contribution >= 0.6 is 23.6 Å². The van der Waals surface area contributed by atoms with Crippen molar-refractivity contribution in [2.45, 2.75) is 19.8 Å². The smallest absolute Gasteiger partial charge is 0.338 e. The monoisotopic (exact) mass is 362 g/mol. The van der Waals surface area contributed by atoms with Crippen LogP contribution < -0.4 is 10.6 Å². The molecular formula is C17H18N2O3S2. The van der Waals surface area contributed by atoms with Crippen LogP contribution in [0.5, 0.6) is 0 Å². The maximum absolute atomic E-state index is 11.9. The zero-order chi connectivity index (χ0) is 17.4. The van der Waals surface area contributed by atoms with Crippen molar-refractivity contribution in [3.8, 4) is 0 Å². The Morgan fingerprint density at radius 3 is 2.79 bits per heavy atom. The average molecular weight is 362 g/mol. The number of nitrogens with one attached hydrogen (secondary N) is 2. The SMILES string of the molecule is CCCCOC(=O)c1cccc(NC(=S)NC(=O)c2cccs2)c1. The Labute approximate surface area is 150 Å². The van der Waals surface area contributed by atoms with Crippen LogP contribution in [0.15, 0.2) is 41.8 Å². The van der Waals surface area contributed by atoms with Gasteiger partial charge in [-0.05, 0) is 48.3 Å². The van der Waals surface area contributed by atoms with Crippen molar-refractivity contribution in [3.05, 3.63) is 52.2 Å². The number of benzene rings is 1. The van der Waals surface area contributed by atoms with Crippen LogP contribution in [0.25, 0.3) is 0 Å². The van der Waals surface area contributed by atoms with E-state index in [4.69, 9.17) is 17.0 Å². The van der Waals surface area contributed by atoms with Crippen molar-refractivity contribution in [2.24, 2.45) is 0 Å². The van der Waals surface area contributed by atoms with Crippen molar-refractivity contribution in [1.29, 1.82) is 0 Å². The van der Waals surface area contributed by atoms with Crippen LogP contribution in [0.2, 0.25) is 0 Å². The molecular weight excluding hydrogens is 344 g/mol. The van der Waals surface area contributed by atoms with Crippen LogP contribution in [-0.4, -0.2) is 23.6 Å². The maximum atomic E-state index is 11.9. The second kappa shape index (κ2) is 9.14. The van der Waals surface area contributed by atoms with Crippen molar-refractivity contribution in [2.75, 3.05) is 11.9 Å². The number of carbonyl (C=O) groups excluding carboxylic acids is 2. The molecule has 0 saturated heterocycles. The number of thiophene rings is 1. The van der Waals surface area contributed by atoms with Gasteiger partial charge in [-0.1, -0.05) is 25.5 Å². The molecule has 0 aliphatic carbocycles. The number of hydrogen-bond donors (Lipinski definition) is 2. The third-order valence-electron chi connectivity index (χ3n) is 3.06. The molecule has 1 aromatic carbocycles. The Hall–Kier alpha value is -2.25. The van der Waals surface area contributed by atoms with Crippen LogP contribution in [0.3, 0.4) is 0 Å². The first kappa shape index (κ1) is 18.1. The first-order valence-electron chi connectivity index (χ1n) is 7.53. The summed E-state index contributed by atoms with van der Waals surface area (Å²) in [4.78, 5) is 24.4. The van der Waals surface area contributed by atoms with Crippen molar-refractivity contribution >= 4 is 46.2 Å². The van der Waals surface area contributed by atoms with Crippen molar-refractivity contribution in [1.82, 2.24) is 5.32 Å². The Balaban J connectivity index is 1.92. The van der Waals surface area contributed by atoms with E-state index in [0.717, 1.165) is 12.8 Å². The minimum atomic E-state index is -0.374. The number of anilines is 1. The second-order valence-electron chi connectivity index (χ2n) is 4.96. The summed E-state index contributed by atoms with van der Waals surface area (Å²) in [5.74, 6) is -0.640. The number of carbonyl (C=O) groups is 2. The molecule has 24 heavy (non-hydrogen) atoms. The lowest BCUT2D eigenvalue weighted by Crippen LogP contribution is -2.33. The van der Waals surface area contributed by atoms with Crippen molar-refractivity contribution < 1.29 is 14.3 Å². The highest BCUT2D eigenvalue weighted by Crippen LogP contribution is 2.13. The third kappa shape index (κ3) is 5.43. The Bertz CT molecular complexity index is 714. The molecule has 0 fully saturated rings. The van der Waals surface area contributed by atoms with E-state index in [0.29, 0.717) is 22.7 Å². The normalized spacial score (nSPS) is 10.0. The molecule has 2 aromatic rings. The minimum absolute atomic E-state index is 0.171. The number of amides is 1. The summed E-state index contributed by atoms with van der Waals surface area (Å²) in [7, 11) is 0. The molecule has 1 heterocycles. The van der Waals surface area contributed by atoms with Crippen LogP contribution in [-0.2, 0) is 4.74 Å². The Morgan fingerprint density at radius 1 is 1.25 bits per heavy atom. The fraction of sp³-hybridized carbons (Fsp3) is 0.235. The zero-order valence-electron chi connectivity index (χ0n) is 13.2. The summed E-state index contributed by atoms with van der Waals surface area (Å²) in [5.41, 5.74) is 1.04. The van der Waals surface area contributed by atoms with Crippen LogP contribution in [0.1, 0.15) is 39.8 Å². The van der Waals surface area contributed by atoms with E-state index in [1.165, 1.54) is 11.3 Å². The molecule has 126 valence electrons. The summed E-state index contributed by atoms with van der Waals surface area (Å²) in [5, 5.41) is 7.48. The van der Waals surface area contributed by atoms with E-state index >= 15 is 0 Å². The maximum Gasteiger partial charge on any atom is 0.338 e. The minimum Gasteiger partial charge on any atom is -0.462 e. The lowest BCUT2D eigenvalue weighted by atomic mass is 10.2. The summed E-state index contributed by atoms with van der Waals surface area (Å²) in [6.07, 6.45) is 1.80. The molecule has 2 rings (SSSR count). The Kier molecular flexibility index (Phi) is 6.89. The molecule has 0 radical (unpaired) electrons. The molecule has 0 aliphatic heterocycles. The molecule has 0 atom stereocenters. The molecule has 0 unspecified atom stereocenters. The van der Waals surface area contributed by atoms with Gasteiger partial charge in [0.2, 0.25) is 0 Å². The zero-order valence-corrected chi connectivity index (χ0v) is 14.8. The highest BCUT2D eigenvalue weighted by molar-refractivity contribution is 7.80. The quantitative estimate of drug-likeness (QED) is 0.464. The molecule has 0 saturated carbocycles. The average Bonchev–Trinajstić information content (AvgIpc) is 3.09. The summed E-state index contributed by atoms with van der Waals surface area (Å²) in [6, 6.07) is 10.3. The summed E-state index contributed by atoms with van der Waals surface area (Å²) < 4.78 is 5.17. The van der Waals surface area contributed by atoms with E-state index in [1.54, 1.807) is 36.4 Å². The molecule has 2 N–H and O–H groups in total. The highest BCUT2D eigenvalue weighted by atomic mass is 32.1. The molecule has 7 heteroatoms. The molecule has 1 aromatic heterocycles. The number of rotatable bonds is 6. The van der Waals surface area contributed by atoms with E-state index in [2.05, 4.69) is 10.6 Å². The molecule has 1 amide bonds. The van der Waals surface area contributed by atoms with E-state index in [9.17, 15) is 9.59 Å². The first-order chi connectivity index (χ1) is 11.6. The van der Waals surface area contributed by atoms with Gasteiger partial charge in [-0.15, -0.1) is 11.3 Å². The lowest BCUT2D eigenvalue weighted by molar-refractivity contribution is 0.0499. The van der Waals surface area contributed by atoms with Crippen molar-refractivity contribution in [3.63, 3.8) is 0 Å². The highest BCUT2D eigenvalue weighted by Gasteiger charge is 2.10. The van der Waals surface area contributed by atoms with Gasteiger partial charge in [0.05, 0.1) is 17.0 Å². The topological polar surface area (TPSA) is 67.4 Å².